The van der Waals surface area contributed by atoms with E-state index in [1.54, 1.807) is 0 Å². The number of alkyl halides is 1. The first kappa shape index (κ1) is 15.9. The summed E-state index contributed by atoms with van der Waals surface area (Å²) in [5.74, 6) is 0.579. The van der Waals surface area contributed by atoms with Gasteiger partial charge in [-0.15, -0.1) is 0 Å². The second kappa shape index (κ2) is 8.99. The maximum Gasteiger partial charge on any atom is 0.246 e. The van der Waals surface area contributed by atoms with Crippen LogP contribution in [0.5, 0.6) is 0 Å². The van der Waals surface area contributed by atoms with Gasteiger partial charge in [0.2, 0.25) is 5.91 Å². The van der Waals surface area contributed by atoms with E-state index in [0.29, 0.717) is 17.3 Å². The summed E-state index contributed by atoms with van der Waals surface area (Å²) in [5, 5.41) is 2.88. The maximum atomic E-state index is 11.4. The summed E-state index contributed by atoms with van der Waals surface area (Å²) < 4.78 is 5.22. The summed E-state index contributed by atoms with van der Waals surface area (Å²) in [6.07, 6.45) is 2.36. The number of hydrogen-bond donors (Lipinski definition) is 1. The summed E-state index contributed by atoms with van der Waals surface area (Å²) >= 11 is 3.62. The molecule has 3 nitrogen and oxygen atoms in total. The van der Waals surface area contributed by atoms with Crippen LogP contribution >= 0.6 is 15.9 Å². The normalized spacial score (nSPS) is 13.2. The fourth-order valence-corrected chi connectivity index (χ4v) is 2.38. The molecular formula is C12H24BrNO2. The monoisotopic (exact) mass is 293 g/mol. The molecule has 0 radical (unpaired) electrons. The van der Waals surface area contributed by atoms with Crippen molar-refractivity contribution in [1.82, 2.24) is 5.32 Å². The highest BCUT2D eigenvalue weighted by Crippen LogP contribution is 2.19. The Labute approximate surface area is 107 Å². The van der Waals surface area contributed by atoms with Gasteiger partial charge in [-0.3, -0.25) is 4.79 Å². The minimum absolute atomic E-state index is 0.0379. The fraction of sp³-hybridized carbons (Fsp3) is 0.917. The molecule has 0 aliphatic carbocycles. The molecule has 0 spiro atoms. The van der Waals surface area contributed by atoms with Crippen molar-refractivity contribution in [3.05, 3.63) is 0 Å². The van der Waals surface area contributed by atoms with E-state index in [1.807, 2.05) is 13.8 Å². The number of carbonyl (C=O) groups is 1. The van der Waals surface area contributed by atoms with Crippen LogP contribution < -0.4 is 5.32 Å². The maximum absolute atomic E-state index is 11.4. The largest absolute Gasteiger partial charge is 0.369 e. The van der Waals surface area contributed by atoms with E-state index in [4.69, 9.17) is 4.74 Å². The molecule has 1 unspecified atom stereocenters. The predicted octanol–water partition coefficient (Wildman–Crippen LogP) is 2.73. The van der Waals surface area contributed by atoms with Crippen LogP contribution in [-0.4, -0.2) is 30.0 Å². The zero-order valence-electron chi connectivity index (χ0n) is 10.8. The van der Waals surface area contributed by atoms with Crippen LogP contribution in [0.25, 0.3) is 0 Å². The Kier molecular flexibility index (Phi) is 8.94. The van der Waals surface area contributed by atoms with Gasteiger partial charge < -0.3 is 10.1 Å². The number of amides is 1. The highest BCUT2D eigenvalue weighted by atomic mass is 79.9. The number of rotatable bonds is 8. The molecule has 0 aromatic rings. The first-order chi connectivity index (χ1) is 7.51. The molecular weight excluding hydrogens is 270 g/mol. The van der Waals surface area contributed by atoms with Crippen LogP contribution in [0, 0.1) is 5.92 Å². The van der Waals surface area contributed by atoms with Crippen molar-refractivity contribution in [3.8, 4) is 0 Å². The van der Waals surface area contributed by atoms with E-state index in [1.165, 1.54) is 0 Å². The first-order valence-corrected chi connectivity index (χ1v) is 6.95. The number of ether oxygens (including phenoxy) is 1. The second-order valence-corrected chi connectivity index (χ2v) is 5.43. The summed E-state index contributed by atoms with van der Waals surface area (Å²) in [6.45, 7) is 9.01. The van der Waals surface area contributed by atoms with Gasteiger partial charge >= 0.3 is 0 Å². The number of halogens is 1. The van der Waals surface area contributed by atoms with Gasteiger partial charge in [-0.05, 0) is 19.8 Å². The summed E-state index contributed by atoms with van der Waals surface area (Å²) in [6, 6.07) is 0. The molecule has 0 bridgehead atoms. The van der Waals surface area contributed by atoms with Crippen LogP contribution in [0.1, 0.15) is 40.5 Å². The summed E-state index contributed by atoms with van der Waals surface area (Å²) in [7, 11) is 0. The lowest BCUT2D eigenvalue weighted by Gasteiger charge is -2.20. The van der Waals surface area contributed by atoms with Crippen molar-refractivity contribution in [3.63, 3.8) is 0 Å². The number of hydrogen-bond acceptors (Lipinski definition) is 2. The van der Waals surface area contributed by atoms with Gasteiger partial charge in [0.25, 0.3) is 0 Å². The van der Waals surface area contributed by atoms with E-state index in [9.17, 15) is 4.79 Å². The zero-order valence-corrected chi connectivity index (χ0v) is 12.3. The van der Waals surface area contributed by atoms with E-state index >= 15 is 0 Å². The van der Waals surface area contributed by atoms with Crippen LogP contribution in [0.15, 0.2) is 0 Å². The quantitative estimate of drug-likeness (QED) is 0.699. The SMILES string of the molecule is CCC(CC)C(Br)CNC(=O)COC(C)C. The van der Waals surface area contributed by atoms with Gasteiger partial charge in [-0.2, -0.15) is 0 Å². The lowest BCUT2D eigenvalue weighted by atomic mass is 9.99. The topological polar surface area (TPSA) is 38.3 Å². The Morgan fingerprint density at radius 1 is 1.31 bits per heavy atom. The highest BCUT2D eigenvalue weighted by Gasteiger charge is 2.15. The standard InChI is InChI=1S/C12H24BrNO2/c1-5-10(6-2)11(13)7-14-12(15)8-16-9(3)4/h9-11H,5-8H2,1-4H3,(H,14,15). The smallest absolute Gasteiger partial charge is 0.246 e. The second-order valence-electron chi connectivity index (χ2n) is 4.26. The minimum Gasteiger partial charge on any atom is -0.369 e. The predicted molar refractivity (Wildman–Crippen MR) is 70.9 cm³/mol. The molecule has 1 amide bonds. The Bertz CT molecular complexity index is 193. The van der Waals surface area contributed by atoms with Crippen LogP contribution in [0.2, 0.25) is 0 Å². The Hall–Kier alpha value is -0.0900. The number of carbonyl (C=O) groups excluding carboxylic acids is 1. The van der Waals surface area contributed by atoms with Crippen molar-refractivity contribution >= 4 is 21.8 Å². The molecule has 16 heavy (non-hydrogen) atoms. The van der Waals surface area contributed by atoms with E-state index < -0.39 is 0 Å². The van der Waals surface area contributed by atoms with Gasteiger partial charge in [0.05, 0.1) is 6.10 Å². The van der Waals surface area contributed by atoms with Crippen LogP contribution in [-0.2, 0) is 9.53 Å². The Morgan fingerprint density at radius 3 is 2.31 bits per heavy atom. The van der Waals surface area contributed by atoms with Crippen molar-refractivity contribution in [2.45, 2.75) is 51.5 Å². The molecule has 0 heterocycles. The molecule has 0 saturated heterocycles. The molecule has 1 N–H and O–H groups in total. The van der Waals surface area contributed by atoms with Gasteiger partial charge in [-0.1, -0.05) is 42.6 Å². The van der Waals surface area contributed by atoms with Gasteiger partial charge in [0, 0.05) is 11.4 Å². The average molecular weight is 294 g/mol. The van der Waals surface area contributed by atoms with E-state index in [-0.39, 0.29) is 18.6 Å². The third-order valence-corrected chi connectivity index (χ3v) is 3.67. The molecule has 0 aliphatic heterocycles. The van der Waals surface area contributed by atoms with Crippen molar-refractivity contribution in [1.29, 1.82) is 0 Å². The van der Waals surface area contributed by atoms with E-state index in [2.05, 4.69) is 35.1 Å². The van der Waals surface area contributed by atoms with Crippen molar-refractivity contribution < 1.29 is 9.53 Å². The van der Waals surface area contributed by atoms with Gasteiger partial charge in [0.1, 0.15) is 6.61 Å². The van der Waals surface area contributed by atoms with Crippen molar-refractivity contribution in [2.24, 2.45) is 5.92 Å². The highest BCUT2D eigenvalue weighted by molar-refractivity contribution is 9.09. The lowest BCUT2D eigenvalue weighted by Crippen LogP contribution is -2.35. The van der Waals surface area contributed by atoms with Crippen LogP contribution in [0.4, 0.5) is 0 Å². The average Bonchev–Trinajstić information content (AvgIpc) is 2.25. The molecule has 0 fully saturated rings. The minimum atomic E-state index is -0.0379. The Morgan fingerprint density at radius 2 is 1.88 bits per heavy atom. The summed E-state index contributed by atoms with van der Waals surface area (Å²) in [5.41, 5.74) is 0. The number of nitrogens with one attached hydrogen (secondary N) is 1. The van der Waals surface area contributed by atoms with E-state index in [0.717, 1.165) is 12.8 Å². The molecule has 0 rings (SSSR count). The van der Waals surface area contributed by atoms with Gasteiger partial charge in [-0.25, -0.2) is 0 Å². The van der Waals surface area contributed by atoms with Crippen LogP contribution in [0.3, 0.4) is 0 Å². The molecule has 0 aromatic heterocycles. The van der Waals surface area contributed by atoms with Crippen molar-refractivity contribution in [2.75, 3.05) is 13.2 Å². The first-order valence-electron chi connectivity index (χ1n) is 6.03. The molecule has 96 valence electrons. The summed E-state index contributed by atoms with van der Waals surface area (Å²) in [4.78, 5) is 11.7. The lowest BCUT2D eigenvalue weighted by molar-refractivity contribution is -0.127. The zero-order chi connectivity index (χ0) is 12.6. The fourth-order valence-electron chi connectivity index (χ4n) is 1.47. The third kappa shape index (κ3) is 7.23. The molecule has 1 atom stereocenters. The third-order valence-electron chi connectivity index (χ3n) is 2.60. The molecule has 0 aliphatic rings. The molecule has 4 heteroatoms. The Balaban J connectivity index is 3.73. The van der Waals surface area contributed by atoms with Gasteiger partial charge in [0.15, 0.2) is 0 Å². The molecule has 0 saturated carbocycles. The molecule has 0 aromatic carbocycles.